The second kappa shape index (κ2) is 7.18. The number of nitrogens with zero attached hydrogens (tertiary/aromatic N) is 4. The molecule has 0 fully saturated rings. The van der Waals surface area contributed by atoms with Gasteiger partial charge in [0.15, 0.2) is 14.9 Å². The third-order valence-electron chi connectivity index (χ3n) is 5.40. The van der Waals surface area contributed by atoms with E-state index in [2.05, 4.69) is 28.4 Å². The van der Waals surface area contributed by atoms with E-state index in [9.17, 15) is 13.5 Å². The molecule has 1 aliphatic carbocycles. The zero-order valence-corrected chi connectivity index (χ0v) is 16.9. The van der Waals surface area contributed by atoms with Crippen LogP contribution in [0.4, 0.5) is 0 Å². The van der Waals surface area contributed by atoms with Gasteiger partial charge in [-0.25, -0.2) is 8.42 Å². The zero-order chi connectivity index (χ0) is 19.9. The smallest absolute Gasteiger partial charge is 0.195 e. The normalized spacial score (nSPS) is 16.5. The van der Waals surface area contributed by atoms with Gasteiger partial charge in [-0.3, -0.25) is 9.36 Å². The van der Waals surface area contributed by atoms with Crippen LogP contribution in [-0.2, 0) is 42.9 Å². The molecule has 28 heavy (non-hydrogen) atoms. The second-order valence-corrected chi connectivity index (χ2v) is 9.53. The zero-order valence-electron chi connectivity index (χ0n) is 16.0. The van der Waals surface area contributed by atoms with Crippen molar-refractivity contribution >= 4 is 9.84 Å². The molecule has 3 aromatic rings. The maximum atomic E-state index is 12.7. The van der Waals surface area contributed by atoms with Crippen molar-refractivity contribution in [1.82, 2.24) is 19.6 Å². The van der Waals surface area contributed by atoms with Crippen LogP contribution in [-0.4, -0.2) is 38.8 Å². The van der Waals surface area contributed by atoms with Gasteiger partial charge in [0.1, 0.15) is 0 Å². The molecule has 148 valence electrons. The third kappa shape index (κ3) is 3.62. The molecule has 1 atom stereocenters. The number of aliphatic hydroxyl groups is 1. The molecule has 8 heteroatoms. The molecule has 0 radical (unpaired) electrons. The van der Waals surface area contributed by atoms with Crippen LogP contribution < -0.4 is 0 Å². The molecular weight excluding hydrogens is 376 g/mol. The lowest BCUT2D eigenvalue weighted by Crippen LogP contribution is -2.19. The molecule has 0 spiro atoms. The van der Waals surface area contributed by atoms with Gasteiger partial charge in [-0.2, -0.15) is 10.2 Å². The number of aryl methyl sites for hydroxylation is 2. The van der Waals surface area contributed by atoms with E-state index < -0.39 is 9.84 Å². The van der Waals surface area contributed by atoms with Crippen molar-refractivity contribution in [2.45, 2.75) is 37.9 Å². The number of hydrogen-bond donors (Lipinski definition) is 1. The Labute approximate surface area is 164 Å². The lowest BCUT2D eigenvalue weighted by molar-refractivity contribution is 0.281. The fourth-order valence-corrected chi connectivity index (χ4v) is 5.77. The minimum absolute atomic E-state index is 0.0111. The molecule has 4 rings (SSSR count). The van der Waals surface area contributed by atoms with Gasteiger partial charge >= 0.3 is 0 Å². The number of fused-ring (bicyclic) bond motifs is 1. The van der Waals surface area contributed by atoms with Gasteiger partial charge in [-0.15, -0.1) is 0 Å². The highest BCUT2D eigenvalue weighted by Gasteiger charge is 2.29. The summed E-state index contributed by atoms with van der Waals surface area (Å²) in [5.74, 6) is 0.215. The van der Waals surface area contributed by atoms with Crippen LogP contribution in [0.2, 0.25) is 0 Å². The Bertz CT molecular complexity index is 1110. The highest BCUT2D eigenvalue weighted by atomic mass is 32.2. The van der Waals surface area contributed by atoms with E-state index in [1.54, 1.807) is 13.1 Å². The molecule has 0 unspecified atom stereocenters. The first-order valence-electron chi connectivity index (χ1n) is 9.31. The van der Waals surface area contributed by atoms with Crippen molar-refractivity contribution in [3.8, 4) is 0 Å². The minimum Gasteiger partial charge on any atom is -0.392 e. The Kier molecular flexibility index (Phi) is 4.84. The van der Waals surface area contributed by atoms with Crippen LogP contribution in [0.15, 0.2) is 41.7 Å². The summed E-state index contributed by atoms with van der Waals surface area (Å²) in [6, 6.07) is 7.89. The van der Waals surface area contributed by atoms with Crippen molar-refractivity contribution in [2.75, 3.05) is 5.75 Å². The maximum Gasteiger partial charge on any atom is 0.195 e. The predicted octanol–water partition coefficient (Wildman–Crippen LogP) is 1.65. The number of aliphatic hydroxyl groups excluding tert-OH is 1. The molecule has 1 aliphatic rings. The first-order chi connectivity index (χ1) is 13.4. The lowest BCUT2D eigenvalue weighted by Gasteiger charge is -2.10. The third-order valence-corrected chi connectivity index (χ3v) is 7.35. The van der Waals surface area contributed by atoms with Gasteiger partial charge in [-0.05, 0) is 48.4 Å². The standard InChI is InChI=1S/C20H24N4O3S/c1-14-19(12-25)11-24(22-14)10-15-3-4-17-8-16(9-18(17)7-15)13-28(26,27)20-5-6-21-23(20)2/h3-7,11,16,25H,8-10,12-13H2,1-2H3/t16-/m1/s1. The van der Waals surface area contributed by atoms with E-state index >= 15 is 0 Å². The van der Waals surface area contributed by atoms with E-state index in [0.717, 1.165) is 29.7 Å². The highest BCUT2D eigenvalue weighted by Crippen LogP contribution is 2.30. The predicted molar refractivity (Wildman–Crippen MR) is 105 cm³/mol. The Morgan fingerprint density at radius 3 is 2.68 bits per heavy atom. The Morgan fingerprint density at radius 2 is 2.00 bits per heavy atom. The van der Waals surface area contributed by atoms with Crippen LogP contribution in [0.3, 0.4) is 0 Å². The summed E-state index contributed by atoms with van der Waals surface area (Å²) in [5.41, 5.74) is 5.24. The molecule has 0 saturated carbocycles. The Balaban J connectivity index is 1.47. The summed E-state index contributed by atoms with van der Waals surface area (Å²) in [5, 5.41) is 18.0. The molecule has 0 aliphatic heterocycles. The van der Waals surface area contributed by atoms with Crippen LogP contribution in [0, 0.1) is 12.8 Å². The first-order valence-corrected chi connectivity index (χ1v) is 11.0. The Hall–Kier alpha value is -2.45. The second-order valence-electron chi connectivity index (χ2n) is 7.55. The number of sulfone groups is 1. The summed E-state index contributed by atoms with van der Waals surface area (Å²) in [6.45, 7) is 2.51. The van der Waals surface area contributed by atoms with Crippen molar-refractivity contribution in [1.29, 1.82) is 0 Å². The summed E-state index contributed by atoms with van der Waals surface area (Å²) >= 11 is 0. The van der Waals surface area contributed by atoms with Gasteiger partial charge in [0, 0.05) is 18.8 Å². The van der Waals surface area contributed by atoms with E-state index in [1.807, 2.05) is 17.8 Å². The van der Waals surface area contributed by atoms with Crippen molar-refractivity contribution in [2.24, 2.45) is 13.0 Å². The highest BCUT2D eigenvalue weighted by molar-refractivity contribution is 7.91. The van der Waals surface area contributed by atoms with Gasteiger partial charge in [-0.1, -0.05) is 18.2 Å². The number of rotatable bonds is 6. The summed E-state index contributed by atoms with van der Waals surface area (Å²) in [4.78, 5) is 0. The number of aromatic nitrogens is 4. The number of hydrogen-bond acceptors (Lipinski definition) is 5. The maximum absolute atomic E-state index is 12.7. The van der Waals surface area contributed by atoms with E-state index in [0.29, 0.717) is 6.54 Å². The molecule has 0 saturated heterocycles. The molecule has 0 bridgehead atoms. The van der Waals surface area contributed by atoms with Gasteiger partial charge < -0.3 is 5.11 Å². The topological polar surface area (TPSA) is 90.0 Å². The molecule has 2 heterocycles. The molecule has 2 aromatic heterocycles. The summed E-state index contributed by atoms with van der Waals surface area (Å²) < 4.78 is 28.7. The average molecular weight is 401 g/mol. The molecule has 7 nitrogen and oxygen atoms in total. The van der Waals surface area contributed by atoms with Crippen LogP contribution >= 0.6 is 0 Å². The largest absolute Gasteiger partial charge is 0.392 e. The van der Waals surface area contributed by atoms with E-state index in [-0.39, 0.29) is 23.3 Å². The van der Waals surface area contributed by atoms with Crippen molar-refractivity contribution in [3.63, 3.8) is 0 Å². The van der Waals surface area contributed by atoms with Gasteiger partial charge in [0.25, 0.3) is 0 Å². The van der Waals surface area contributed by atoms with Crippen LogP contribution in [0.1, 0.15) is 27.9 Å². The quantitative estimate of drug-likeness (QED) is 0.680. The number of benzene rings is 1. The van der Waals surface area contributed by atoms with Gasteiger partial charge in [0.2, 0.25) is 0 Å². The van der Waals surface area contributed by atoms with Crippen molar-refractivity contribution < 1.29 is 13.5 Å². The SMILES string of the molecule is Cc1nn(Cc2ccc3c(c2)C[C@H](CS(=O)(=O)c2ccnn2C)C3)cc1CO. The van der Waals surface area contributed by atoms with Crippen LogP contribution in [0.5, 0.6) is 0 Å². The first kappa shape index (κ1) is 18.9. The van der Waals surface area contributed by atoms with Gasteiger partial charge in [0.05, 0.1) is 30.8 Å². The fraction of sp³-hybridized carbons (Fsp3) is 0.400. The lowest BCUT2D eigenvalue weighted by atomic mass is 10.1. The molecule has 1 aromatic carbocycles. The van der Waals surface area contributed by atoms with Crippen molar-refractivity contribution in [3.05, 3.63) is 64.6 Å². The average Bonchev–Trinajstić information content (AvgIpc) is 3.32. The Morgan fingerprint density at radius 1 is 1.21 bits per heavy atom. The fourth-order valence-electron chi connectivity index (χ4n) is 4.02. The van der Waals surface area contributed by atoms with E-state index in [4.69, 9.17) is 0 Å². The minimum atomic E-state index is -3.35. The molecular formula is C20H24N4O3S. The van der Waals surface area contributed by atoms with Crippen LogP contribution in [0.25, 0.3) is 0 Å². The molecule has 0 amide bonds. The summed E-state index contributed by atoms with van der Waals surface area (Å²) in [7, 11) is -1.70. The molecule has 1 N–H and O–H groups in total. The van der Waals surface area contributed by atoms with E-state index in [1.165, 1.54) is 22.0 Å². The summed E-state index contributed by atoms with van der Waals surface area (Å²) in [6.07, 6.45) is 4.93. The monoisotopic (exact) mass is 400 g/mol.